The Morgan fingerprint density at radius 2 is 1.79 bits per heavy atom. The lowest BCUT2D eigenvalue weighted by Crippen LogP contribution is -2.27. The number of likely N-dealkylation sites (N-methyl/N-ethyl adjacent to an activating group) is 1. The zero-order valence-electron chi connectivity index (χ0n) is 11.5. The molecule has 0 atom stereocenters. The van der Waals surface area contributed by atoms with Gasteiger partial charge in [0.1, 0.15) is 12.1 Å². The smallest absolute Gasteiger partial charge is 0.231 e. The number of hydrogen-bond acceptors (Lipinski definition) is 5. The Morgan fingerprint density at radius 1 is 1.16 bits per heavy atom. The average Bonchev–Trinajstić information content (AvgIpc) is 2.33. The van der Waals surface area contributed by atoms with Gasteiger partial charge in [-0.2, -0.15) is 0 Å². The molecule has 2 amide bonds. The Labute approximate surface area is 113 Å². The molecule has 19 heavy (non-hydrogen) atoms. The number of carbonyl (C=O) groups is 4. The number of amides is 2. The van der Waals surface area contributed by atoms with Crippen LogP contribution in [0, 0.1) is 0 Å². The van der Waals surface area contributed by atoms with Gasteiger partial charge >= 0.3 is 0 Å². The number of unbranched alkanes of at least 4 members (excludes halogenated alkanes) is 2. The number of carbonyl (C=O) groups excluding carboxylic acids is 4. The van der Waals surface area contributed by atoms with Crippen molar-refractivity contribution in [2.75, 3.05) is 20.1 Å². The number of nitrogens with two attached hydrogens (primary N) is 1. The lowest BCUT2D eigenvalue weighted by Gasteiger charge is -2.01. The molecule has 0 saturated heterocycles. The summed E-state index contributed by atoms with van der Waals surface area (Å²) in [5.74, 6) is -0.500. The highest BCUT2D eigenvalue weighted by Gasteiger charge is 2.01. The van der Waals surface area contributed by atoms with Crippen molar-refractivity contribution in [2.45, 2.75) is 32.6 Å². The van der Waals surface area contributed by atoms with E-state index < -0.39 is 0 Å². The number of primary amides is 1. The van der Waals surface area contributed by atoms with E-state index >= 15 is 0 Å². The van der Waals surface area contributed by atoms with Gasteiger partial charge in [-0.25, -0.2) is 0 Å². The molecule has 0 rings (SSSR count). The number of nitrogens with one attached hydrogen (secondary N) is 2. The van der Waals surface area contributed by atoms with Crippen LogP contribution < -0.4 is 16.4 Å². The molecule has 110 valence electrons. The van der Waals surface area contributed by atoms with Crippen LogP contribution in [0.5, 0.6) is 0 Å². The normalized spacial score (nSPS) is 8.95. The van der Waals surface area contributed by atoms with Crippen LogP contribution in [0.4, 0.5) is 0 Å². The molecule has 0 aliphatic heterocycles. The highest BCUT2D eigenvalue weighted by molar-refractivity contribution is 5.84. The van der Waals surface area contributed by atoms with Crippen LogP contribution in [-0.4, -0.2) is 44.0 Å². The maximum Gasteiger partial charge on any atom is 0.231 e. The molecule has 0 spiro atoms. The third-order valence-electron chi connectivity index (χ3n) is 1.86. The van der Waals surface area contributed by atoms with Gasteiger partial charge < -0.3 is 21.2 Å². The van der Waals surface area contributed by atoms with Gasteiger partial charge in [-0.1, -0.05) is 0 Å². The molecule has 0 heterocycles. The van der Waals surface area contributed by atoms with E-state index in [2.05, 4.69) is 10.6 Å². The number of hydrogen-bond donors (Lipinski definition) is 3. The second kappa shape index (κ2) is 14.3. The van der Waals surface area contributed by atoms with Crippen LogP contribution >= 0.6 is 0 Å². The quantitative estimate of drug-likeness (QED) is 0.373. The van der Waals surface area contributed by atoms with Crippen LogP contribution in [-0.2, 0) is 19.2 Å². The maximum absolute atomic E-state index is 11.0. The first-order chi connectivity index (χ1) is 8.93. The summed E-state index contributed by atoms with van der Waals surface area (Å²) in [6.45, 7) is 1.79. The molecule has 0 aliphatic rings. The minimum atomic E-state index is -0.322. The van der Waals surface area contributed by atoms with Gasteiger partial charge in [-0.05, 0) is 26.8 Å². The fourth-order valence-corrected chi connectivity index (χ4v) is 0.999. The highest BCUT2D eigenvalue weighted by atomic mass is 16.2. The van der Waals surface area contributed by atoms with Crippen molar-refractivity contribution in [1.82, 2.24) is 10.6 Å². The molecule has 0 radical (unpaired) electrons. The summed E-state index contributed by atoms with van der Waals surface area (Å²) in [4.78, 5) is 41.1. The molecule has 0 aromatic heterocycles. The molecule has 7 nitrogen and oxygen atoms in total. The summed E-state index contributed by atoms with van der Waals surface area (Å²) in [5.41, 5.74) is 4.70. The van der Waals surface area contributed by atoms with Crippen molar-refractivity contribution < 1.29 is 19.2 Å². The minimum absolute atomic E-state index is 0.0544. The monoisotopic (exact) mass is 273 g/mol. The van der Waals surface area contributed by atoms with Crippen molar-refractivity contribution >= 4 is 23.9 Å². The summed E-state index contributed by atoms with van der Waals surface area (Å²) in [7, 11) is 1.67. The summed E-state index contributed by atoms with van der Waals surface area (Å²) in [6, 6.07) is 0. The fraction of sp³-hybridized carbons (Fsp3) is 0.667. The van der Waals surface area contributed by atoms with Crippen LogP contribution in [0.25, 0.3) is 0 Å². The fourth-order valence-electron chi connectivity index (χ4n) is 0.999. The first-order valence-corrected chi connectivity index (χ1v) is 6.06. The van der Waals surface area contributed by atoms with Gasteiger partial charge in [-0.15, -0.1) is 0 Å². The maximum atomic E-state index is 11.0. The van der Waals surface area contributed by atoms with E-state index in [0.29, 0.717) is 19.3 Å². The van der Waals surface area contributed by atoms with Crippen molar-refractivity contribution in [3.63, 3.8) is 0 Å². The van der Waals surface area contributed by atoms with Gasteiger partial charge in [0.15, 0.2) is 0 Å². The van der Waals surface area contributed by atoms with Gasteiger partial charge in [0.05, 0.1) is 13.1 Å². The summed E-state index contributed by atoms with van der Waals surface area (Å²) in [6.07, 6.45) is 3.16. The van der Waals surface area contributed by atoms with E-state index in [1.165, 1.54) is 6.92 Å². The van der Waals surface area contributed by atoms with E-state index in [4.69, 9.17) is 5.73 Å². The summed E-state index contributed by atoms with van der Waals surface area (Å²) >= 11 is 0. The SMILES string of the molecule is CC(=O)CNC(=O)CCCCC=O.CNCC(N)=O. The topological polar surface area (TPSA) is 118 Å². The van der Waals surface area contributed by atoms with Gasteiger partial charge in [-0.3, -0.25) is 14.4 Å². The largest absolute Gasteiger partial charge is 0.369 e. The first kappa shape index (κ1) is 19.6. The second-order valence-corrected chi connectivity index (χ2v) is 3.89. The van der Waals surface area contributed by atoms with E-state index in [-0.39, 0.29) is 30.7 Å². The van der Waals surface area contributed by atoms with E-state index in [9.17, 15) is 19.2 Å². The molecule has 0 saturated carbocycles. The third-order valence-corrected chi connectivity index (χ3v) is 1.86. The molecule has 7 heteroatoms. The molecule has 0 unspecified atom stereocenters. The molecule has 0 fully saturated rings. The molecule has 4 N–H and O–H groups in total. The zero-order valence-corrected chi connectivity index (χ0v) is 11.5. The van der Waals surface area contributed by atoms with Crippen molar-refractivity contribution in [1.29, 1.82) is 0 Å². The number of rotatable bonds is 9. The molecule has 0 aromatic carbocycles. The summed E-state index contributed by atoms with van der Waals surface area (Å²) in [5, 5.41) is 5.07. The molecule has 0 aliphatic carbocycles. The minimum Gasteiger partial charge on any atom is -0.369 e. The lowest BCUT2D eigenvalue weighted by atomic mass is 10.2. The van der Waals surface area contributed by atoms with Crippen LogP contribution in [0.1, 0.15) is 32.6 Å². The molecule has 0 aromatic rings. The Bertz CT molecular complexity index is 293. The molecular formula is C12H23N3O4. The number of Topliss-reactive ketones (excluding diaryl/α,β-unsaturated/α-hetero) is 1. The summed E-state index contributed by atoms with van der Waals surface area (Å²) < 4.78 is 0. The van der Waals surface area contributed by atoms with E-state index in [0.717, 1.165) is 12.7 Å². The average molecular weight is 273 g/mol. The lowest BCUT2D eigenvalue weighted by molar-refractivity contribution is -0.124. The van der Waals surface area contributed by atoms with E-state index in [1.54, 1.807) is 7.05 Å². The third kappa shape index (κ3) is 22.0. The van der Waals surface area contributed by atoms with E-state index in [1.807, 2.05) is 0 Å². The highest BCUT2D eigenvalue weighted by Crippen LogP contribution is 1.97. The number of ketones is 1. The van der Waals surface area contributed by atoms with Crippen molar-refractivity contribution in [3.8, 4) is 0 Å². The molecule has 0 bridgehead atoms. The van der Waals surface area contributed by atoms with Crippen LogP contribution in [0.2, 0.25) is 0 Å². The Morgan fingerprint density at radius 3 is 2.16 bits per heavy atom. The predicted octanol–water partition coefficient (Wildman–Crippen LogP) is -0.858. The van der Waals surface area contributed by atoms with Gasteiger partial charge in [0.25, 0.3) is 0 Å². The standard InChI is InChI=1S/C9H15NO3.C3H8N2O/c1-8(12)7-10-9(13)5-3-2-4-6-11;1-5-2-3(4)6/h6H,2-5,7H2,1H3,(H,10,13);5H,2H2,1H3,(H2,4,6). The van der Waals surface area contributed by atoms with Crippen LogP contribution in [0.3, 0.4) is 0 Å². The van der Waals surface area contributed by atoms with Crippen LogP contribution in [0.15, 0.2) is 0 Å². The van der Waals surface area contributed by atoms with Gasteiger partial charge in [0.2, 0.25) is 11.8 Å². The first-order valence-electron chi connectivity index (χ1n) is 6.06. The van der Waals surface area contributed by atoms with Gasteiger partial charge in [0, 0.05) is 12.8 Å². The Balaban J connectivity index is 0. The Hall–Kier alpha value is -1.76. The number of aldehydes is 1. The second-order valence-electron chi connectivity index (χ2n) is 3.89. The molecular weight excluding hydrogens is 250 g/mol. The predicted molar refractivity (Wildman–Crippen MR) is 71.3 cm³/mol. The Kier molecular flexibility index (Phi) is 14.7. The van der Waals surface area contributed by atoms with Crippen molar-refractivity contribution in [3.05, 3.63) is 0 Å². The zero-order chi connectivity index (χ0) is 15.1. The van der Waals surface area contributed by atoms with Crippen molar-refractivity contribution in [2.24, 2.45) is 5.73 Å².